The van der Waals surface area contributed by atoms with Crippen molar-refractivity contribution in [1.29, 1.82) is 0 Å². The molecular formula is C22H32O3. The van der Waals surface area contributed by atoms with Gasteiger partial charge in [-0.05, 0) is 80.6 Å². The summed E-state index contributed by atoms with van der Waals surface area (Å²) in [4.78, 5) is 23.6. The lowest BCUT2D eigenvalue weighted by Gasteiger charge is -2.60. The van der Waals surface area contributed by atoms with Gasteiger partial charge in [0.25, 0.3) is 0 Å². The van der Waals surface area contributed by atoms with Gasteiger partial charge in [0.15, 0.2) is 5.78 Å². The first-order chi connectivity index (χ1) is 11.8. The molecule has 4 aliphatic rings. The van der Waals surface area contributed by atoms with Gasteiger partial charge in [0.2, 0.25) is 0 Å². The van der Waals surface area contributed by atoms with Gasteiger partial charge in [-0.25, -0.2) is 0 Å². The molecule has 25 heavy (non-hydrogen) atoms. The Morgan fingerprint density at radius 3 is 2.60 bits per heavy atom. The van der Waals surface area contributed by atoms with Crippen molar-refractivity contribution in [3.05, 3.63) is 11.6 Å². The number of fused-ring (bicyclic) bond motifs is 5. The first kappa shape index (κ1) is 17.3. The zero-order chi connectivity index (χ0) is 18.0. The molecule has 3 fully saturated rings. The molecular weight excluding hydrogens is 312 g/mol. The molecule has 0 unspecified atom stereocenters. The number of ketones is 1. The topological polar surface area (TPSA) is 43.4 Å². The van der Waals surface area contributed by atoms with Crippen LogP contribution < -0.4 is 0 Å². The van der Waals surface area contributed by atoms with Gasteiger partial charge >= 0.3 is 5.97 Å². The number of hydrogen-bond acceptors (Lipinski definition) is 3. The van der Waals surface area contributed by atoms with Gasteiger partial charge in [0.1, 0.15) is 6.10 Å². The maximum Gasteiger partial charge on any atom is 0.302 e. The molecule has 3 saturated carbocycles. The van der Waals surface area contributed by atoms with Crippen LogP contribution in [0.1, 0.15) is 72.6 Å². The second-order valence-corrected chi connectivity index (χ2v) is 9.65. The second-order valence-electron chi connectivity index (χ2n) is 9.65. The molecule has 0 N–H and O–H groups in total. The van der Waals surface area contributed by atoms with Crippen LogP contribution >= 0.6 is 0 Å². The van der Waals surface area contributed by atoms with Crippen LogP contribution in [0, 0.1) is 34.5 Å². The van der Waals surface area contributed by atoms with Crippen molar-refractivity contribution in [2.24, 2.45) is 34.5 Å². The standard InChI is InChI=1S/C22H32O3/c1-13-11-16(24)12-15-5-6-17-18-7-8-20(25-14(2)23)21(18,3)10-9-19(17)22(13,15)4/h11,15,17-20H,5-10,12H2,1-4H3/t15-,17+,18+,19+,20-,21+,22+/m1/s1. The van der Waals surface area contributed by atoms with Crippen LogP contribution in [0.4, 0.5) is 0 Å². The highest BCUT2D eigenvalue weighted by atomic mass is 16.5. The van der Waals surface area contributed by atoms with Gasteiger partial charge in [-0.3, -0.25) is 9.59 Å². The lowest BCUT2D eigenvalue weighted by molar-refractivity contribution is -0.158. The number of allylic oxidation sites excluding steroid dienone is 2. The molecule has 4 aliphatic carbocycles. The van der Waals surface area contributed by atoms with E-state index in [-0.39, 0.29) is 22.9 Å². The lowest BCUT2D eigenvalue weighted by atomic mass is 9.45. The fourth-order valence-electron chi connectivity index (χ4n) is 7.40. The van der Waals surface area contributed by atoms with Crippen LogP contribution in [0.5, 0.6) is 0 Å². The van der Waals surface area contributed by atoms with E-state index < -0.39 is 0 Å². The number of hydrogen-bond donors (Lipinski definition) is 0. The molecule has 0 radical (unpaired) electrons. The van der Waals surface area contributed by atoms with Gasteiger partial charge in [-0.1, -0.05) is 19.4 Å². The Balaban J connectivity index is 1.65. The first-order valence-electron chi connectivity index (χ1n) is 10.2. The summed E-state index contributed by atoms with van der Waals surface area (Å²) in [7, 11) is 0. The van der Waals surface area contributed by atoms with Crippen molar-refractivity contribution in [2.45, 2.75) is 78.7 Å². The summed E-state index contributed by atoms with van der Waals surface area (Å²) >= 11 is 0. The Morgan fingerprint density at radius 2 is 1.88 bits per heavy atom. The minimum absolute atomic E-state index is 0.103. The molecule has 3 heteroatoms. The third kappa shape index (κ3) is 2.37. The number of carbonyl (C=O) groups excluding carboxylic acids is 2. The maximum atomic E-state index is 12.1. The molecule has 0 aromatic rings. The largest absolute Gasteiger partial charge is 0.462 e. The van der Waals surface area contributed by atoms with E-state index >= 15 is 0 Å². The zero-order valence-corrected chi connectivity index (χ0v) is 16.1. The van der Waals surface area contributed by atoms with E-state index in [1.54, 1.807) is 6.92 Å². The summed E-state index contributed by atoms with van der Waals surface area (Å²) in [6.07, 6.45) is 9.79. The molecule has 3 nitrogen and oxygen atoms in total. The van der Waals surface area contributed by atoms with E-state index in [2.05, 4.69) is 20.8 Å². The zero-order valence-electron chi connectivity index (χ0n) is 16.1. The fraction of sp³-hybridized carbons (Fsp3) is 0.818. The highest BCUT2D eigenvalue weighted by Crippen LogP contribution is 2.66. The summed E-state index contributed by atoms with van der Waals surface area (Å²) in [5, 5.41) is 0. The summed E-state index contributed by atoms with van der Waals surface area (Å²) in [6.45, 7) is 8.54. The summed E-state index contributed by atoms with van der Waals surface area (Å²) in [5.74, 6) is 2.80. The monoisotopic (exact) mass is 344 g/mol. The molecule has 0 aromatic carbocycles. The normalized spacial score (nSPS) is 48.9. The molecule has 4 rings (SSSR count). The van der Waals surface area contributed by atoms with Crippen molar-refractivity contribution in [3.8, 4) is 0 Å². The molecule has 0 aliphatic heterocycles. The van der Waals surface area contributed by atoms with Gasteiger partial charge in [0, 0.05) is 18.8 Å². The van der Waals surface area contributed by atoms with Crippen LogP contribution in [0.3, 0.4) is 0 Å². The Morgan fingerprint density at radius 1 is 1.12 bits per heavy atom. The Bertz CT molecular complexity index is 635. The molecule has 138 valence electrons. The minimum Gasteiger partial charge on any atom is -0.462 e. The van der Waals surface area contributed by atoms with Crippen molar-refractivity contribution in [1.82, 2.24) is 0 Å². The van der Waals surface area contributed by atoms with Crippen LogP contribution in [0.2, 0.25) is 0 Å². The highest BCUT2D eigenvalue weighted by molar-refractivity contribution is 5.91. The number of esters is 1. The Labute approximate surface area is 151 Å². The van der Waals surface area contributed by atoms with Crippen LogP contribution in [-0.4, -0.2) is 17.9 Å². The van der Waals surface area contributed by atoms with Crippen molar-refractivity contribution in [2.75, 3.05) is 0 Å². The molecule has 0 amide bonds. The molecule has 0 saturated heterocycles. The predicted molar refractivity (Wildman–Crippen MR) is 96.8 cm³/mol. The van der Waals surface area contributed by atoms with Crippen molar-refractivity contribution < 1.29 is 14.3 Å². The van der Waals surface area contributed by atoms with Crippen molar-refractivity contribution >= 4 is 11.8 Å². The second kappa shape index (κ2) is 5.69. The quantitative estimate of drug-likeness (QED) is 0.648. The van der Waals surface area contributed by atoms with E-state index in [1.807, 2.05) is 6.08 Å². The summed E-state index contributed by atoms with van der Waals surface area (Å²) < 4.78 is 5.74. The molecule has 0 aromatic heterocycles. The smallest absolute Gasteiger partial charge is 0.302 e. The summed E-state index contributed by atoms with van der Waals surface area (Å²) in [6, 6.07) is 0. The maximum absolute atomic E-state index is 12.1. The van der Waals surface area contributed by atoms with Crippen LogP contribution in [-0.2, 0) is 14.3 Å². The van der Waals surface area contributed by atoms with E-state index in [4.69, 9.17) is 4.74 Å². The van der Waals surface area contributed by atoms with E-state index in [0.29, 0.717) is 23.5 Å². The predicted octanol–water partition coefficient (Wildman–Crippen LogP) is 4.70. The Kier molecular flexibility index (Phi) is 3.94. The number of rotatable bonds is 1. The van der Waals surface area contributed by atoms with Gasteiger partial charge < -0.3 is 4.74 Å². The average molecular weight is 344 g/mol. The third-order valence-electron chi connectivity index (χ3n) is 8.80. The SMILES string of the molecule is CC(=O)O[C@@H]1CC[C@H]2[C@@H]3CC[C@@H]4CC(=O)C=C(C)[C@]4(C)[C@H]3CC[C@]12C. The summed E-state index contributed by atoms with van der Waals surface area (Å²) in [5.41, 5.74) is 1.66. The van der Waals surface area contributed by atoms with Gasteiger partial charge in [-0.2, -0.15) is 0 Å². The number of ether oxygens (including phenoxy) is 1. The molecule has 0 heterocycles. The molecule has 7 atom stereocenters. The van der Waals surface area contributed by atoms with Crippen LogP contribution in [0.15, 0.2) is 11.6 Å². The van der Waals surface area contributed by atoms with E-state index in [9.17, 15) is 9.59 Å². The lowest BCUT2D eigenvalue weighted by Crippen LogP contribution is -2.54. The number of carbonyl (C=O) groups is 2. The Hall–Kier alpha value is -1.12. The third-order valence-corrected chi connectivity index (χ3v) is 8.80. The van der Waals surface area contributed by atoms with Gasteiger partial charge in [0.05, 0.1) is 0 Å². The molecule has 0 bridgehead atoms. The van der Waals surface area contributed by atoms with E-state index in [1.165, 1.54) is 31.3 Å². The minimum atomic E-state index is -0.130. The van der Waals surface area contributed by atoms with Gasteiger partial charge in [-0.15, -0.1) is 0 Å². The van der Waals surface area contributed by atoms with E-state index in [0.717, 1.165) is 25.2 Å². The molecule has 0 spiro atoms. The first-order valence-corrected chi connectivity index (χ1v) is 10.2. The van der Waals surface area contributed by atoms with Crippen LogP contribution in [0.25, 0.3) is 0 Å². The average Bonchev–Trinajstić information content (AvgIpc) is 2.85. The van der Waals surface area contributed by atoms with Crippen molar-refractivity contribution in [3.63, 3.8) is 0 Å². The fourth-order valence-corrected chi connectivity index (χ4v) is 7.40. The highest BCUT2D eigenvalue weighted by Gasteiger charge is 2.61.